The Balaban J connectivity index is 1.82. The monoisotopic (exact) mass is 275 g/mol. The van der Waals surface area contributed by atoms with E-state index in [-0.39, 0.29) is 11.7 Å². The molecule has 0 spiro atoms. The number of nitrogens with two attached hydrogens (primary N) is 1. The predicted octanol–water partition coefficient (Wildman–Crippen LogP) is 1.28. The van der Waals surface area contributed by atoms with Gasteiger partial charge in [-0.05, 0) is 44.5 Å². The fraction of sp³-hybridized carbons (Fsp3) is 0.533. The number of hydrogen-bond acceptors (Lipinski definition) is 4. The van der Waals surface area contributed by atoms with Gasteiger partial charge in [-0.15, -0.1) is 0 Å². The van der Waals surface area contributed by atoms with Crippen molar-refractivity contribution in [2.24, 2.45) is 0 Å². The number of aromatic hydroxyl groups is 1. The quantitative estimate of drug-likeness (QED) is 0.598. The summed E-state index contributed by atoms with van der Waals surface area (Å²) >= 11 is 0. The first-order valence-corrected chi connectivity index (χ1v) is 7.16. The van der Waals surface area contributed by atoms with Crippen molar-refractivity contribution in [2.45, 2.75) is 31.3 Å². The van der Waals surface area contributed by atoms with Crippen LogP contribution in [0.2, 0.25) is 0 Å². The second kappa shape index (κ2) is 4.98. The third-order valence-corrected chi connectivity index (χ3v) is 4.70. The van der Waals surface area contributed by atoms with Crippen molar-refractivity contribution in [3.63, 3.8) is 0 Å². The molecule has 108 valence electrons. The minimum Gasteiger partial charge on any atom is -0.508 e. The molecule has 0 saturated carbocycles. The molecule has 2 saturated heterocycles. The third-order valence-electron chi connectivity index (χ3n) is 4.70. The van der Waals surface area contributed by atoms with Gasteiger partial charge in [-0.2, -0.15) is 0 Å². The fourth-order valence-corrected chi connectivity index (χ4v) is 3.39. The standard InChI is InChI=1S/C15H21N3O2/c1-17-10-2-3-11(17)9-18(7-6-10)15(20)13-8-12(19)4-5-14(13)16/h4-5,8,10-11,19H,2-3,6-7,9,16H2,1H3. The van der Waals surface area contributed by atoms with E-state index in [1.807, 2.05) is 4.90 Å². The summed E-state index contributed by atoms with van der Waals surface area (Å²) in [4.78, 5) is 16.9. The minimum absolute atomic E-state index is 0.0700. The molecule has 5 heteroatoms. The van der Waals surface area contributed by atoms with Crippen LogP contribution < -0.4 is 5.73 Å². The number of amides is 1. The Morgan fingerprint density at radius 1 is 1.30 bits per heavy atom. The van der Waals surface area contributed by atoms with E-state index in [4.69, 9.17) is 5.73 Å². The first-order chi connectivity index (χ1) is 9.56. The number of benzene rings is 1. The second-order valence-corrected chi connectivity index (χ2v) is 5.86. The molecule has 2 aliphatic rings. The van der Waals surface area contributed by atoms with Crippen molar-refractivity contribution in [1.82, 2.24) is 9.80 Å². The second-order valence-electron chi connectivity index (χ2n) is 5.86. The zero-order valence-electron chi connectivity index (χ0n) is 11.7. The van der Waals surface area contributed by atoms with Crippen LogP contribution in [0.3, 0.4) is 0 Å². The first kappa shape index (κ1) is 13.2. The number of nitrogens with zero attached hydrogens (tertiary/aromatic N) is 2. The highest BCUT2D eigenvalue weighted by molar-refractivity contribution is 5.99. The average molecular weight is 275 g/mol. The Labute approximate surface area is 119 Å². The number of likely N-dealkylation sites (tertiary alicyclic amines) is 1. The van der Waals surface area contributed by atoms with Crippen LogP contribution in [0.15, 0.2) is 18.2 Å². The summed E-state index contributed by atoms with van der Waals surface area (Å²) < 4.78 is 0. The maximum Gasteiger partial charge on any atom is 0.256 e. The zero-order chi connectivity index (χ0) is 14.3. The lowest BCUT2D eigenvalue weighted by Gasteiger charge is -2.26. The molecule has 2 heterocycles. The summed E-state index contributed by atoms with van der Waals surface area (Å²) in [5.41, 5.74) is 6.70. The Bertz CT molecular complexity index is 532. The van der Waals surface area contributed by atoms with Crippen LogP contribution in [0, 0.1) is 0 Å². The SMILES string of the molecule is CN1C2CCC1CN(C(=O)c1cc(O)ccc1N)CC2. The van der Waals surface area contributed by atoms with Crippen LogP contribution in [0.5, 0.6) is 5.75 Å². The van der Waals surface area contributed by atoms with Gasteiger partial charge in [0.25, 0.3) is 5.91 Å². The maximum atomic E-state index is 12.6. The topological polar surface area (TPSA) is 69.8 Å². The van der Waals surface area contributed by atoms with Crippen LogP contribution in [0.4, 0.5) is 5.69 Å². The van der Waals surface area contributed by atoms with E-state index in [0.29, 0.717) is 23.3 Å². The number of carbonyl (C=O) groups excluding carboxylic acids is 1. The number of hydrogen-bond donors (Lipinski definition) is 2. The number of phenolic OH excluding ortho intramolecular Hbond substituents is 1. The van der Waals surface area contributed by atoms with E-state index < -0.39 is 0 Å². The van der Waals surface area contributed by atoms with Crippen molar-refractivity contribution in [2.75, 3.05) is 25.9 Å². The summed E-state index contributed by atoms with van der Waals surface area (Å²) in [5.74, 6) is 0.00959. The minimum atomic E-state index is -0.0700. The van der Waals surface area contributed by atoms with E-state index in [2.05, 4.69) is 11.9 Å². The molecule has 2 unspecified atom stereocenters. The first-order valence-electron chi connectivity index (χ1n) is 7.16. The maximum absolute atomic E-state index is 12.6. The molecule has 3 rings (SSSR count). The normalized spacial score (nSPS) is 26.6. The highest BCUT2D eigenvalue weighted by Gasteiger charge is 2.36. The van der Waals surface area contributed by atoms with Crippen LogP contribution in [0.25, 0.3) is 0 Å². The molecule has 2 aliphatic heterocycles. The van der Waals surface area contributed by atoms with Gasteiger partial charge >= 0.3 is 0 Å². The molecule has 0 aliphatic carbocycles. The summed E-state index contributed by atoms with van der Waals surface area (Å²) in [6.07, 6.45) is 3.40. The van der Waals surface area contributed by atoms with Gasteiger partial charge in [-0.25, -0.2) is 0 Å². The Morgan fingerprint density at radius 2 is 2.05 bits per heavy atom. The van der Waals surface area contributed by atoms with E-state index in [0.717, 1.165) is 25.9 Å². The summed E-state index contributed by atoms with van der Waals surface area (Å²) in [7, 11) is 2.15. The number of anilines is 1. The number of fused-ring (bicyclic) bond motifs is 2. The molecule has 1 aromatic carbocycles. The lowest BCUT2D eigenvalue weighted by atomic mass is 10.1. The molecule has 5 nitrogen and oxygen atoms in total. The highest BCUT2D eigenvalue weighted by Crippen LogP contribution is 2.30. The van der Waals surface area contributed by atoms with E-state index in [1.165, 1.54) is 18.6 Å². The third kappa shape index (κ3) is 2.22. The Kier molecular flexibility index (Phi) is 3.30. The smallest absolute Gasteiger partial charge is 0.256 e. The van der Waals surface area contributed by atoms with Gasteiger partial charge in [0.1, 0.15) is 5.75 Å². The van der Waals surface area contributed by atoms with Gasteiger partial charge in [0, 0.05) is 30.9 Å². The molecule has 20 heavy (non-hydrogen) atoms. The number of phenols is 1. The molecular formula is C15H21N3O2. The van der Waals surface area contributed by atoms with Crippen molar-refractivity contribution in [3.05, 3.63) is 23.8 Å². The molecule has 2 atom stereocenters. The van der Waals surface area contributed by atoms with E-state index in [1.54, 1.807) is 6.07 Å². The molecule has 3 N–H and O–H groups in total. The van der Waals surface area contributed by atoms with E-state index >= 15 is 0 Å². The number of likely N-dealkylation sites (N-methyl/N-ethyl adjacent to an activating group) is 1. The van der Waals surface area contributed by atoms with Crippen molar-refractivity contribution in [3.8, 4) is 5.75 Å². The zero-order valence-corrected chi connectivity index (χ0v) is 11.7. The highest BCUT2D eigenvalue weighted by atomic mass is 16.3. The van der Waals surface area contributed by atoms with Crippen LogP contribution in [-0.2, 0) is 0 Å². The van der Waals surface area contributed by atoms with Gasteiger partial charge < -0.3 is 15.7 Å². The van der Waals surface area contributed by atoms with Gasteiger partial charge in [0.05, 0.1) is 5.56 Å². The number of rotatable bonds is 1. The fourth-order valence-electron chi connectivity index (χ4n) is 3.39. The molecular weight excluding hydrogens is 254 g/mol. The average Bonchev–Trinajstić information content (AvgIpc) is 2.65. The summed E-state index contributed by atoms with van der Waals surface area (Å²) in [6, 6.07) is 5.59. The lowest BCUT2D eigenvalue weighted by Crippen LogP contribution is -2.39. The largest absolute Gasteiger partial charge is 0.508 e. The van der Waals surface area contributed by atoms with E-state index in [9.17, 15) is 9.90 Å². The van der Waals surface area contributed by atoms with Crippen LogP contribution in [0.1, 0.15) is 29.6 Å². The Morgan fingerprint density at radius 3 is 2.85 bits per heavy atom. The summed E-state index contributed by atoms with van der Waals surface area (Å²) in [6.45, 7) is 1.51. The van der Waals surface area contributed by atoms with Crippen molar-refractivity contribution in [1.29, 1.82) is 0 Å². The van der Waals surface area contributed by atoms with Crippen molar-refractivity contribution < 1.29 is 9.90 Å². The van der Waals surface area contributed by atoms with Gasteiger partial charge in [0.2, 0.25) is 0 Å². The molecule has 2 bridgehead atoms. The van der Waals surface area contributed by atoms with Crippen LogP contribution in [-0.4, -0.2) is 53.0 Å². The number of carbonyl (C=O) groups is 1. The summed E-state index contributed by atoms with van der Waals surface area (Å²) in [5, 5.41) is 9.55. The van der Waals surface area contributed by atoms with Gasteiger partial charge in [-0.3, -0.25) is 9.69 Å². The lowest BCUT2D eigenvalue weighted by molar-refractivity contribution is 0.0741. The molecule has 1 aromatic rings. The van der Waals surface area contributed by atoms with Gasteiger partial charge in [-0.1, -0.05) is 0 Å². The number of nitrogen functional groups attached to an aromatic ring is 1. The molecule has 0 radical (unpaired) electrons. The predicted molar refractivity (Wildman–Crippen MR) is 77.6 cm³/mol. The molecule has 0 aromatic heterocycles. The molecule has 2 fully saturated rings. The Hall–Kier alpha value is -1.75. The van der Waals surface area contributed by atoms with Crippen molar-refractivity contribution >= 4 is 11.6 Å². The van der Waals surface area contributed by atoms with Crippen LogP contribution >= 0.6 is 0 Å². The van der Waals surface area contributed by atoms with Gasteiger partial charge in [0.15, 0.2) is 0 Å². The molecule has 1 amide bonds.